The topological polar surface area (TPSA) is 30.5 Å². The van der Waals surface area contributed by atoms with E-state index in [1.807, 2.05) is 25.1 Å². The second-order valence-electron chi connectivity index (χ2n) is 4.62. The fourth-order valence-corrected chi connectivity index (χ4v) is 1.79. The Hall–Kier alpha value is -1.38. The summed E-state index contributed by atoms with van der Waals surface area (Å²) in [5.41, 5.74) is 1.08. The molecule has 0 saturated heterocycles. The average Bonchev–Trinajstić information content (AvgIpc) is 2.38. The molecule has 2 atom stereocenters. The summed E-state index contributed by atoms with van der Waals surface area (Å²) in [6.07, 6.45) is 1.17. The predicted molar refractivity (Wildman–Crippen MR) is 76.7 cm³/mol. The molecule has 0 spiro atoms. The summed E-state index contributed by atoms with van der Waals surface area (Å²) >= 11 is 0. The molecule has 3 nitrogen and oxygen atoms in total. The van der Waals surface area contributed by atoms with Gasteiger partial charge >= 0.3 is 0 Å². The molecule has 2 unspecified atom stereocenters. The maximum Gasteiger partial charge on any atom is 0.163 e. The van der Waals surface area contributed by atoms with Gasteiger partial charge in [-0.1, -0.05) is 20.3 Å². The van der Waals surface area contributed by atoms with Crippen LogP contribution in [0.15, 0.2) is 18.2 Å². The number of ether oxygens (including phenoxy) is 2. The van der Waals surface area contributed by atoms with E-state index < -0.39 is 0 Å². The van der Waals surface area contributed by atoms with Gasteiger partial charge in [0.1, 0.15) is 0 Å². The van der Waals surface area contributed by atoms with Gasteiger partial charge in [0.05, 0.1) is 13.7 Å². The Bertz CT molecular complexity index is 366. The lowest BCUT2D eigenvalue weighted by molar-refractivity contribution is 0.311. The minimum atomic E-state index is 0.442. The molecule has 0 fully saturated rings. The van der Waals surface area contributed by atoms with Crippen LogP contribution in [0.3, 0.4) is 0 Å². The van der Waals surface area contributed by atoms with Crippen LogP contribution in [0.4, 0.5) is 5.69 Å². The zero-order chi connectivity index (χ0) is 13.5. The van der Waals surface area contributed by atoms with E-state index in [-0.39, 0.29) is 0 Å². The van der Waals surface area contributed by atoms with Crippen molar-refractivity contribution >= 4 is 5.69 Å². The molecule has 0 aromatic heterocycles. The van der Waals surface area contributed by atoms with E-state index in [4.69, 9.17) is 9.47 Å². The lowest BCUT2D eigenvalue weighted by Crippen LogP contribution is -2.23. The summed E-state index contributed by atoms with van der Waals surface area (Å²) in [5.74, 6) is 2.21. The van der Waals surface area contributed by atoms with Crippen molar-refractivity contribution in [2.24, 2.45) is 5.92 Å². The van der Waals surface area contributed by atoms with Gasteiger partial charge in [-0.25, -0.2) is 0 Å². The zero-order valence-electron chi connectivity index (χ0n) is 12.1. The number of hydrogen-bond donors (Lipinski definition) is 1. The molecule has 18 heavy (non-hydrogen) atoms. The average molecular weight is 251 g/mol. The van der Waals surface area contributed by atoms with Crippen LogP contribution in [0.1, 0.15) is 34.1 Å². The third-order valence-corrected chi connectivity index (χ3v) is 3.36. The number of hydrogen-bond acceptors (Lipinski definition) is 3. The molecule has 102 valence electrons. The Morgan fingerprint density at radius 2 is 1.89 bits per heavy atom. The van der Waals surface area contributed by atoms with Gasteiger partial charge in [0.2, 0.25) is 0 Å². The first-order valence-electron chi connectivity index (χ1n) is 6.69. The molecule has 1 aromatic carbocycles. The summed E-state index contributed by atoms with van der Waals surface area (Å²) in [5, 5.41) is 3.51. The smallest absolute Gasteiger partial charge is 0.163 e. The number of anilines is 1. The summed E-state index contributed by atoms with van der Waals surface area (Å²) in [6, 6.07) is 6.41. The van der Waals surface area contributed by atoms with Crippen LogP contribution in [-0.4, -0.2) is 19.8 Å². The standard InChI is InChI=1S/C15H25NO2/c1-6-11(3)12(4)16-13-8-9-14(17-5)15(10-13)18-7-2/h8-12,16H,6-7H2,1-5H3. The molecular formula is C15H25NO2. The van der Waals surface area contributed by atoms with Crippen LogP contribution in [-0.2, 0) is 0 Å². The number of rotatable bonds is 7. The lowest BCUT2D eigenvalue weighted by Gasteiger charge is -2.22. The summed E-state index contributed by atoms with van der Waals surface area (Å²) in [4.78, 5) is 0. The Morgan fingerprint density at radius 3 is 2.44 bits per heavy atom. The van der Waals surface area contributed by atoms with Gasteiger partial charge in [-0.3, -0.25) is 0 Å². The predicted octanol–water partition coefficient (Wildman–Crippen LogP) is 3.94. The van der Waals surface area contributed by atoms with Crippen molar-refractivity contribution in [3.63, 3.8) is 0 Å². The third-order valence-electron chi connectivity index (χ3n) is 3.36. The van der Waals surface area contributed by atoms with Gasteiger partial charge in [-0.05, 0) is 31.9 Å². The molecule has 0 aliphatic heterocycles. The molecular weight excluding hydrogens is 226 g/mol. The van der Waals surface area contributed by atoms with Gasteiger partial charge in [-0.15, -0.1) is 0 Å². The SMILES string of the molecule is CCOc1cc(NC(C)C(C)CC)ccc1OC. The summed E-state index contributed by atoms with van der Waals surface area (Å²) < 4.78 is 10.8. The van der Waals surface area contributed by atoms with E-state index >= 15 is 0 Å². The normalized spacial score (nSPS) is 13.8. The highest BCUT2D eigenvalue weighted by molar-refractivity contribution is 5.55. The van der Waals surface area contributed by atoms with E-state index in [9.17, 15) is 0 Å². The molecule has 1 N–H and O–H groups in total. The van der Waals surface area contributed by atoms with Crippen LogP contribution in [0, 0.1) is 5.92 Å². The van der Waals surface area contributed by atoms with Crippen molar-refractivity contribution in [2.45, 2.75) is 40.2 Å². The van der Waals surface area contributed by atoms with Gasteiger partial charge in [0.15, 0.2) is 11.5 Å². The Morgan fingerprint density at radius 1 is 1.17 bits per heavy atom. The van der Waals surface area contributed by atoms with Crippen LogP contribution < -0.4 is 14.8 Å². The summed E-state index contributed by atoms with van der Waals surface area (Å²) in [6.45, 7) is 9.29. The van der Waals surface area contributed by atoms with E-state index in [0.29, 0.717) is 18.6 Å². The number of nitrogens with one attached hydrogen (secondary N) is 1. The van der Waals surface area contributed by atoms with Gasteiger partial charge < -0.3 is 14.8 Å². The molecule has 1 rings (SSSR count). The van der Waals surface area contributed by atoms with Crippen LogP contribution in [0.5, 0.6) is 11.5 Å². The molecule has 0 saturated carbocycles. The number of methoxy groups -OCH3 is 1. The quantitative estimate of drug-likeness (QED) is 0.796. The van der Waals surface area contributed by atoms with Gasteiger partial charge in [0.25, 0.3) is 0 Å². The number of benzene rings is 1. The third kappa shape index (κ3) is 3.83. The highest BCUT2D eigenvalue weighted by atomic mass is 16.5. The Balaban J connectivity index is 2.81. The molecule has 3 heteroatoms. The van der Waals surface area contributed by atoms with Crippen LogP contribution >= 0.6 is 0 Å². The van der Waals surface area contributed by atoms with Crippen molar-refractivity contribution in [3.8, 4) is 11.5 Å². The van der Waals surface area contributed by atoms with Crippen molar-refractivity contribution in [1.29, 1.82) is 0 Å². The highest BCUT2D eigenvalue weighted by Crippen LogP contribution is 2.30. The first kappa shape index (κ1) is 14.7. The van der Waals surface area contributed by atoms with Gasteiger partial charge in [0, 0.05) is 17.8 Å². The molecule has 0 bridgehead atoms. The fraction of sp³-hybridized carbons (Fsp3) is 0.600. The van der Waals surface area contributed by atoms with E-state index in [1.54, 1.807) is 7.11 Å². The van der Waals surface area contributed by atoms with E-state index in [2.05, 4.69) is 26.1 Å². The first-order valence-corrected chi connectivity index (χ1v) is 6.69. The summed E-state index contributed by atoms with van der Waals surface area (Å²) in [7, 11) is 1.66. The minimum absolute atomic E-state index is 0.442. The molecule has 0 aliphatic carbocycles. The maximum absolute atomic E-state index is 5.57. The first-order chi connectivity index (χ1) is 8.62. The zero-order valence-corrected chi connectivity index (χ0v) is 12.1. The largest absolute Gasteiger partial charge is 0.493 e. The van der Waals surface area contributed by atoms with Crippen molar-refractivity contribution in [2.75, 3.05) is 19.0 Å². The lowest BCUT2D eigenvalue weighted by atomic mass is 10.0. The van der Waals surface area contributed by atoms with Crippen LogP contribution in [0.25, 0.3) is 0 Å². The Labute approximate surface area is 110 Å². The second kappa shape index (κ2) is 7.14. The minimum Gasteiger partial charge on any atom is -0.493 e. The van der Waals surface area contributed by atoms with Gasteiger partial charge in [-0.2, -0.15) is 0 Å². The molecule has 0 heterocycles. The van der Waals surface area contributed by atoms with Crippen LogP contribution in [0.2, 0.25) is 0 Å². The maximum atomic E-state index is 5.57. The monoisotopic (exact) mass is 251 g/mol. The Kier molecular flexibility index (Phi) is 5.83. The van der Waals surface area contributed by atoms with E-state index in [0.717, 1.165) is 17.2 Å². The van der Waals surface area contributed by atoms with Crippen molar-refractivity contribution in [3.05, 3.63) is 18.2 Å². The van der Waals surface area contributed by atoms with E-state index in [1.165, 1.54) is 6.42 Å². The second-order valence-corrected chi connectivity index (χ2v) is 4.62. The fourth-order valence-electron chi connectivity index (χ4n) is 1.79. The molecule has 0 amide bonds. The molecule has 0 aliphatic rings. The van der Waals surface area contributed by atoms with Crippen molar-refractivity contribution in [1.82, 2.24) is 0 Å². The molecule has 1 aromatic rings. The van der Waals surface area contributed by atoms with Crippen molar-refractivity contribution < 1.29 is 9.47 Å². The molecule has 0 radical (unpaired) electrons. The highest BCUT2D eigenvalue weighted by Gasteiger charge is 2.11.